The normalized spacial score (nSPS) is 18.7. The van der Waals surface area contributed by atoms with E-state index < -0.39 is 0 Å². The quantitative estimate of drug-likeness (QED) is 0.536. The van der Waals surface area contributed by atoms with Crippen LogP contribution in [0.2, 0.25) is 0 Å². The van der Waals surface area contributed by atoms with Gasteiger partial charge in [0.25, 0.3) is 0 Å². The molecule has 0 N–H and O–H groups in total. The maximum Gasteiger partial charge on any atom is 0.0845 e. The molecule has 1 saturated carbocycles. The minimum absolute atomic E-state index is 0.809. The predicted octanol–water partition coefficient (Wildman–Crippen LogP) is 2.87. The molecule has 0 heterocycles. The van der Waals surface area contributed by atoms with Crippen LogP contribution in [0.15, 0.2) is 11.8 Å². The molecule has 0 spiro atoms. The summed E-state index contributed by atoms with van der Waals surface area (Å²) < 4.78 is 5.21. The molecule has 1 fully saturated rings. The fraction of sp³-hybridized carbons (Fsp3) is 0.778. The van der Waals surface area contributed by atoms with Crippen molar-refractivity contribution in [3.05, 3.63) is 11.8 Å². The summed E-state index contributed by atoms with van der Waals surface area (Å²) in [7, 11) is 0. The second-order valence-electron chi connectivity index (χ2n) is 2.79. The molecule has 1 heteroatoms. The van der Waals surface area contributed by atoms with Gasteiger partial charge in [0, 0.05) is 0 Å². The molecule has 0 radical (unpaired) electrons. The van der Waals surface area contributed by atoms with Gasteiger partial charge in [-0.1, -0.05) is 6.42 Å². The lowest BCUT2D eigenvalue weighted by Gasteiger charge is -2.12. The minimum Gasteiger partial charge on any atom is -0.502 e. The van der Waals surface area contributed by atoms with Gasteiger partial charge in [0.15, 0.2) is 0 Å². The van der Waals surface area contributed by atoms with Crippen LogP contribution >= 0.6 is 0 Å². The summed E-state index contributed by atoms with van der Waals surface area (Å²) in [6, 6.07) is 0. The van der Waals surface area contributed by atoms with E-state index in [9.17, 15) is 0 Å². The topological polar surface area (TPSA) is 9.23 Å². The molecular formula is C9H16O. The van der Waals surface area contributed by atoms with E-state index in [4.69, 9.17) is 4.74 Å². The van der Waals surface area contributed by atoms with E-state index in [0.717, 1.165) is 6.61 Å². The Labute approximate surface area is 63.1 Å². The summed E-state index contributed by atoms with van der Waals surface area (Å²) in [5, 5.41) is 0. The van der Waals surface area contributed by atoms with E-state index in [1.54, 1.807) is 0 Å². The zero-order chi connectivity index (χ0) is 7.23. The van der Waals surface area contributed by atoms with Crippen molar-refractivity contribution in [3.8, 4) is 0 Å². The van der Waals surface area contributed by atoms with Crippen LogP contribution in [0.25, 0.3) is 0 Å². The van der Waals surface area contributed by atoms with Crippen molar-refractivity contribution in [3.63, 3.8) is 0 Å². The van der Waals surface area contributed by atoms with Crippen molar-refractivity contribution in [1.82, 2.24) is 0 Å². The maximum absolute atomic E-state index is 5.21. The monoisotopic (exact) mass is 140 g/mol. The zero-order valence-electron chi connectivity index (χ0n) is 6.73. The van der Waals surface area contributed by atoms with Gasteiger partial charge < -0.3 is 4.74 Å². The summed E-state index contributed by atoms with van der Waals surface area (Å²) >= 11 is 0. The molecule has 1 rings (SSSR count). The van der Waals surface area contributed by atoms with Gasteiger partial charge in [-0.05, 0) is 38.2 Å². The van der Waals surface area contributed by atoms with Crippen LogP contribution in [-0.2, 0) is 4.74 Å². The predicted molar refractivity (Wildman–Crippen MR) is 42.8 cm³/mol. The molecule has 10 heavy (non-hydrogen) atoms. The Morgan fingerprint density at radius 1 is 1.30 bits per heavy atom. The van der Waals surface area contributed by atoms with Gasteiger partial charge in [0.05, 0.1) is 12.9 Å². The van der Waals surface area contributed by atoms with Crippen molar-refractivity contribution in [2.45, 2.75) is 39.0 Å². The zero-order valence-corrected chi connectivity index (χ0v) is 6.73. The van der Waals surface area contributed by atoms with E-state index in [1.807, 2.05) is 13.2 Å². The standard InChI is InChI=1S/C9H16O/c1-2-10-8-9-6-4-3-5-7-9/h8H,2-7H2,1H3. The maximum atomic E-state index is 5.21. The molecule has 0 amide bonds. The van der Waals surface area contributed by atoms with E-state index in [1.165, 1.54) is 37.7 Å². The third-order valence-electron chi connectivity index (χ3n) is 1.91. The van der Waals surface area contributed by atoms with E-state index >= 15 is 0 Å². The van der Waals surface area contributed by atoms with E-state index in [2.05, 4.69) is 0 Å². The van der Waals surface area contributed by atoms with Crippen LogP contribution in [0.4, 0.5) is 0 Å². The van der Waals surface area contributed by atoms with Crippen molar-refractivity contribution in [2.24, 2.45) is 0 Å². The first-order chi connectivity index (χ1) is 4.93. The summed E-state index contributed by atoms with van der Waals surface area (Å²) in [5.74, 6) is 0. The van der Waals surface area contributed by atoms with Gasteiger partial charge in [0.1, 0.15) is 0 Å². The van der Waals surface area contributed by atoms with Crippen LogP contribution < -0.4 is 0 Å². The summed E-state index contributed by atoms with van der Waals surface area (Å²) in [4.78, 5) is 0. The fourth-order valence-corrected chi connectivity index (χ4v) is 1.32. The Morgan fingerprint density at radius 3 is 2.60 bits per heavy atom. The average Bonchev–Trinajstić information content (AvgIpc) is 2.03. The summed E-state index contributed by atoms with van der Waals surface area (Å²) in [5.41, 5.74) is 1.51. The van der Waals surface area contributed by atoms with Gasteiger partial charge in [-0.3, -0.25) is 0 Å². The molecule has 0 aromatic carbocycles. The molecule has 0 bridgehead atoms. The lowest BCUT2D eigenvalue weighted by molar-refractivity contribution is 0.262. The van der Waals surface area contributed by atoms with Gasteiger partial charge in [-0.15, -0.1) is 0 Å². The highest BCUT2D eigenvalue weighted by Crippen LogP contribution is 2.22. The highest BCUT2D eigenvalue weighted by atomic mass is 16.5. The highest BCUT2D eigenvalue weighted by molar-refractivity contribution is 5.00. The Kier molecular flexibility index (Phi) is 3.34. The first kappa shape index (κ1) is 7.64. The van der Waals surface area contributed by atoms with E-state index in [0.29, 0.717) is 0 Å². The Morgan fingerprint density at radius 2 is 2.00 bits per heavy atom. The lowest BCUT2D eigenvalue weighted by atomic mass is 9.96. The molecule has 0 unspecified atom stereocenters. The largest absolute Gasteiger partial charge is 0.502 e. The first-order valence-corrected chi connectivity index (χ1v) is 4.23. The third-order valence-corrected chi connectivity index (χ3v) is 1.91. The highest BCUT2D eigenvalue weighted by Gasteiger charge is 2.04. The number of ether oxygens (including phenoxy) is 1. The Bertz CT molecular complexity index is 108. The van der Waals surface area contributed by atoms with Crippen LogP contribution in [-0.4, -0.2) is 6.61 Å². The van der Waals surface area contributed by atoms with Crippen LogP contribution in [0.3, 0.4) is 0 Å². The van der Waals surface area contributed by atoms with Crippen molar-refractivity contribution in [2.75, 3.05) is 6.61 Å². The van der Waals surface area contributed by atoms with Gasteiger partial charge >= 0.3 is 0 Å². The van der Waals surface area contributed by atoms with Crippen molar-refractivity contribution < 1.29 is 4.74 Å². The number of hydrogen-bond donors (Lipinski definition) is 0. The number of allylic oxidation sites excluding steroid dienone is 1. The summed E-state index contributed by atoms with van der Waals surface area (Å²) in [6.45, 7) is 2.84. The molecule has 0 aromatic heterocycles. The minimum atomic E-state index is 0.809. The van der Waals surface area contributed by atoms with Gasteiger partial charge in [-0.25, -0.2) is 0 Å². The molecule has 0 aromatic rings. The second kappa shape index (κ2) is 4.37. The van der Waals surface area contributed by atoms with Crippen LogP contribution in [0.1, 0.15) is 39.0 Å². The Hall–Kier alpha value is -0.460. The average molecular weight is 140 g/mol. The lowest BCUT2D eigenvalue weighted by Crippen LogP contribution is -1.94. The molecule has 1 aliphatic carbocycles. The Balaban J connectivity index is 2.23. The molecule has 0 aliphatic heterocycles. The molecular weight excluding hydrogens is 124 g/mol. The first-order valence-electron chi connectivity index (χ1n) is 4.23. The summed E-state index contributed by atoms with van der Waals surface area (Å²) in [6.07, 6.45) is 8.61. The van der Waals surface area contributed by atoms with Crippen molar-refractivity contribution >= 4 is 0 Å². The smallest absolute Gasteiger partial charge is 0.0845 e. The second-order valence-corrected chi connectivity index (χ2v) is 2.79. The van der Waals surface area contributed by atoms with Crippen molar-refractivity contribution in [1.29, 1.82) is 0 Å². The third kappa shape index (κ3) is 2.42. The molecule has 0 atom stereocenters. The molecule has 0 saturated heterocycles. The molecule has 1 nitrogen and oxygen atoms in total. The number of hydrogen-bond acceptors (Lipinski definition) is 1. The fourth-order valence-electron chi connectivity index (χ4n) is 1.32. The molecule has 1 aliphatic rings. The van der Waals surface area contributed by atoms with Crippen LogP contribution in [0.5, 0.6) is 0 Å². The van der Waals surface area contributed by atoms with Crippen LogP contribution in [0, 0.1) is 0 Å². The molecule has 58 valence electrons. The number of rotatable bonds is 2. The van der Waals surface area contributed by atoms with Gasteiger partial charge in [-0.2, -0.15) is 0 Å². The van der Waals surface area contributed by atoms with E-state index in [-0.39, 0.29) is 0 Å². The SMILES string of the molecule is CCOC=C1CCCCC1. The van der Waals surface area contributed by atoms with Gasteiger partial charge in [0.2, 0.25) is 0 Å².